The average molecular weight is 505 g/mol. The molecular formula is C28H23F3N4O2. The van der Waals surface area contributed by atoms with Crippen LogP contribution in [-0.4, -0.2) is 21.0 Å². The molecule has 0 spiro atoms. The molecule has 0 bridgehead atoms. The predicted octanol–water partition coefficient (Wildman–Crippen LogP) is 5.89. The highest BCUT2D eigenvalue weighted by atomic mass is 19.1. The number of amides is 1. The molecule has 0 aliphatic carbocycles. The minimum Gasteiger partial charge on any atom is -0.361 e. The summed E-state index contributed by atoms with van der Waals surface area (Å²) in [6.07, 6.45) is 3.29. The summed E-state index contributed by atoms with van der Waals surface area (Å²) in [5, 5.41) is 7.60. The number of nitrogens with zero attached hydrogens (tertiary/aromatic N) is 2. The van der Waals surface area contributed by atoms with Gasteiger partial charge in [0.25, 0.3) is 0 Å². The van der Waals surface area contributed by atoms with Crippen LogP contribution in [0.5, 0.6) is 0 Å². The number of hydrogen-bond acceptors (Lipinski definition) is 4. The summed E-state index contributed by atoms with van der Waals surface area (Å²) in [7, 11) is 0. The van der Waals surface area contributed by atoms with Crippen molar-refractivity contribution >= 4 is 16.8 Å². The molecule has 2 N–H and O–H groups in total. The Hall–Kier alpha value is -4.40. The highest BCUT2D eigenvalue weighted by molar-refractivity contribution is 5.89. The summed E-state index contributed by atoms with van der Waals surface area (Å²) < 4.78 is 47.1. The van der Waals surface area contributed by atoms with Crippen molar-refractivity contribution in [2.45, 2.75) is 32.7 Å². The number of pyridine rings is 1. The van der Waals surface area contributed by atoms with Gasteiger partial charge in [-0.05, 0) is 67.8 Å². The molecule has 0 fully saturated rings. The Morgan fingerprint density at radius 3 is 2.57 bits per heavy atom. The van der Waals surface area contributed by atoms with E-state index in [-0.39, 0.29) is 18.7 Å². The second-order valence-corrected chi connectivity index (χ2v) is 8.92. The number of aryl methyl sites for hydroxylation is 2. The molecule has 2 aromatic carbocycles. The number of hydrogen-bond donors (Lipinski definition) is 2. The van der Waals surface area contributed by atoms with Crippen LogP contribution in [0.4, 0.5) is 13.2 Å². The van der Waals surface area contributed by atoms with Crippen LogP contribution < -0.4 is 5.32 Å². The highest BCUT2D eigenvalue weighted by Crippen LogP contribution is 2.33. The lowest BCUT2D eigenvalue weighted by atomic mass is 9.94. The number of carbonyl (C=O) groups excluding carboxylic acids is 1. The van der Waals surface area contributed by atoms with Crippen molar-refractivity contribution in [3.63, 3.8) is 0 Å². The maximum Gasteiger partial charge on any atom is 0.225 e. The van der Waals surface area contributed by atoms with Crippen LogP contribution in [0.2, 0.25) is 0 Å². The molecule has 3 aromatic heterocycles. The summed E-state index contributed by atoms with van der Waals surface area (Å²) in [5.41, 5.74) is 4.26. The summed E-state index contributed by atoms with van der Waals surface area (Å²) in [5.74, 6) is -1.62. The normalized spacial score (nSPS) is 12.1. The molecule has 1 unspecified atom stereocenters. The fraction of sp³-hybridized carbons (Fsp3) is 0.179. The van der Waals surface area contributed by atoms with Crippen molar-refractivity contribution in [1.82, 2.24) is 20.4 Å². The van der Waals surface area contributed by atoms with Gasteiger partial charge in [0.05, 0.1) is 23.9 Å². The molecule has 188 valence electrons. The number of H-pyrrole nitrogens is 1. The number of aromatic amines is 1. The molecule has 0 saturated carbocycles. The molecule has 0 saturated heterocycles. The van der Waals surface area contributed by atoms with Crippen molar-refractivity contribution in [3.8, 4) is 11.1 Å². The quantitative estimate of drug-likeness (QED) is 0.289. The molecule has 5 aromatic rings. The Balaban J connectivity index is 1.51. The Morgan fingerprint density at radius 1 is 1.05 bits per heavy atom. The molecule has 37 heavy (non-hydrogen) atoms. The first-order chi connectivity index (χ1) is 17.8. The zero-order valence-electron chi connectivity index (χ0n) is 20.1. The van der Waals surface area contributed by atoms with Crippen molar-refractivity contribution in [2.24, 2.45) is 0 Å². The first kappa shape index (κ1) is 24.3. The highest BCUT2D eigenvalue weighted by Gasteiger charge is 2.24. The van der Waals surface area contributed by atoms with Gasteiger partial charge in [-0.15, -0.1) is 0 Å². The second kappa shape index (κ2) is 9.93. The van der Waals surface area contributed by atoms with Gasteiger partial charge in [0.2, 0.25) is 5.91 Å². The summed E-state index contributed by atoms with van der Waals surface area (Å²) in [6.45, 7) is 3.58. The van der Waals surface area contributed by atoms with Gasteiger partial charge >= 0.3 is 0 Å². The lowest BCUT2D eigenvalue weighted by Crippen LogP contribution is -2.32. The third-order valence-electron chi connectivity index (χ3n) is 6.25. The number of carbonyl (C=O) groups is 1. The fourth-order valence-corrected chi connectivity index (χ4v) is 4.67. The minimum atomic E-state index is -0.736. The molecule has 5 rings (SSSR count). The van der Waals surface area contributed by atoms with Crippen LogP contribution >= 0.6 is 0 Å². The van der Waals surface area contributed by atoms with E-state index in [1.54, 1.807) is 38.4 Å². The van der Waals surface area contributed by atoms with E-state index < -0.39 is 23.5 Å². The monoisotopic (exact) mass is 504 g/mol. The van der Waals surface area contributed by atoms with E-state index in [1.807, 2.05) is 6.07 Å². The van der Waals surface area contributed by atoms with E-state index in [2.05, 4.69) is 20.4 Å². The van der Waals surface area contributed by atoms with Crippen molar-refractivity contribution < 1.29 is 22.5 Å². The zero-order valence-corrected chi connectivity index (χ0v) is 20.1. The number of halogens is 3. The number of aromatic nitrogens is 3. The van der Waals surface area contributed by atoms with Gasteiger partial charge in [-0.1, -0.05) is 11.2 Å². The van der Waals surface area contributed by atoms with Gasteiger partial charge in [0.1, 0.15) is 23.2 Å². The maximum atomic E-state index is 14.0. The number of rotatable bonds is 7. The number of fused-ring (bicyclic) bond motifs is 1. The fourth-order valence-electron chi connectivity index (χ4n) is 4.67. The van der Waals surface area contributed by atoms with Gasteiger partial charge in [-0.3, -0.25) is 9.78 Å². The molecule has 1 atom stereocenters. The largest absolute Gasteiger partial charge is 0.361 e. The Bertz CT molecular complexity index is 1570. The molecule has 3 heterocycles. The van der Waals surface area contributed by atoms with E-state index in [1.165, 1.54) is 24.3 Å². The topological polar surface area (TPSA) is 83.8 Å². The SMILES string of the molecule is Cc1noc(C)c1-c1cccnc1C(Cc1cc(F)cc(F)c1)NC(=O)Cc1c[nH]c2ccc(F)cc12. The summed E-state index contributed by atoms with van der Waals surface area (Å²) in [4.78, 5) is 20.8. The summed E-state index contributed by atoms with van der Waals surface area (Å²) in [6, 6.07) is 10.4. The summed E-state index contributed by atoms with van der Waals surface area (Å²) >= 11 is 0. The van der Waals surface area contributed by atoms with Crippen LogP contribution in [0.3, 0.4) is 0 Å². The Kier molecular flexibility index (Phi) is 6.52. The van der Waals surface area contributed by atoms with E-state index in [9.17, 15) is 18.0 Å². The second-order valence-electron chi connectivity index (χ2n) is 8.92. The van der Waals surface area contributed by atoms with Crippen molar-refractivity contribution in [1.29, 1.82) is 0 Å². The van der Waals surface area contributed by atoms with Gasteiger partial charge in [0.15, 0.2) is 0 Å². The predicted molar refractivity (Wildman–Crippen MR) is 132 cm³/mol. The average Bonchev–Trinajstić information content (AvgIpc) is 3.39. The molecule has 1 amide bonds. The maximum absolute atomic E-state index is 14.0. The third kappa shape index (κ3) is 5.11. The Morgan fingerprint density at radius 2 is 1.84 bits per heavy atom. The molecule has 9 heteroatoms. The molecular weight excluding hydrogens is 481 g/mol. The molecule has 6 nitrogen and oxygen atoms in total. The van der Waals surface area contributed by atoms with Crippen LogP contribution in [-0.2, 0) is 17.6 Å². The van der Waals surface area contributed by atoms with Crippen LogP contribution in [0, 0.1) is 31.3 Å². The smallest absolute Gasteiger partial charge is 0.225 e. The first-order valence-electron chi connectivity index (χ1n) is 11.7. The van der Waals surface area contributed by atoms with E-state index in [4.69, 9.17) is 4.52 Å². The van der Waals surface area contributed by atoms with Gasteiger partial charge in [-0.25, -0.2) is 13.2 Å². The van der Waals surface area contributed by atoms with Gasteiger partial charge in [0, 0.05) is 40.5 Å². The molecule has 0 radical (unpaired) electrons. The molecule has 0 aliphatic heterocycles. The number of benzene rings is 2. The lowest BCUT2D eigenvalue weighted by Gasteiger charge is -2.21. The van der Waals surface area contributed by atoms with E-state index in [0.717, 1.165) is 11.6 Å². The first-order valence-corrected chi connectivity index (χ1v) is 11.7. The van der Waals surface area contributed by atoms with E-state index in [0.29, 0.717) is 44.7 Å². The van der Waals surface area contributed by atoms with Crippen LogP contribution in [0.15, 0.2) is 65.4 Å². The minimum absolute atomic E-state index is 0.0368. The van der Waals surface area contributed by atoms with Gasteiger partial charge < -0.3 is 14.8 Å². The van der Waals surface area contributed by atoms with Gasteiger partial charge in [-0.2, -0.15) is 0 Å². The number of nitrogens with one attached hydrogen (secondary N) is 2. The van der Waals surface area contributed by atoms with Crippen molar-refractivity contribution in [2.75, 3.05) is 0 Å². The zero-order chi connectivity index (χ0) is 26.1. The van der Waals surface area contributed by atoms with Crippen molar-refractivity contribution in [3.05, 3.63) is 107 Å². The third-order valence-corrected chi connectivity index (χ3v) is 6.25. The van der Waals surface area contributed by atoms with E-state index >= 15 is 0 Å². The standard InChI is InChI=1S/C28H23F3N4O2/c1-15-27(16(2)37-35-15)22-4-3-7-32-28(22)25(10-17-8-20(30)12-21(31)9-17)34-26(36)11-18-14-33-24-6-5-19(29)13-23(18)24/h3-9,12-14,25,33H,10-11H2,1-2H3,(H,34,36). The molecule has 0 aliphatic rings. The van der Waals surface area contributed by atoms with Crippen LogP contribution in [0.1, 0.15) is 34.3 Å². The lowest BCUT2D eigenvalue weighted by molar-refractivity contribution is -0.121. The Labute approximate surface area is 210 Å². The van der Waals surface area contributed by atoms with Crippen LogP contribution in [0.25, 0.3) is 22.0 Å².